The van der Waals surface area contributed by atoms with Gasteiger partial charge in [-0.3, -0.25) is 0 Å². The van der Waals surface area contributed by atoms with Crippen LogP contribution in [0.4, 0.5) is 0 Å². The van der Waals surface area contributed by atoms with E-state index in [1.165, 1.54) is 17.0 Å². The number of carboxylic acid groups (broad SMARTS) is 1. The number of oxazole rings is 1. The van der Waals surface area contributed by atoms with Gasteiger partial charge in [0.1, 0.15) is 7.05 Å². The van der Waals surface area contributed by atoms with Gasteiger partial charge in [-0.1, -0.05) is 0 Å². The van der Waals surface area contributed by atoms with Crippen LogP contribution in [-0.4, -0.2) is 5.97 Å². The Hall–Kier alpha value is -1.32. The first kappa shape index (κ1) is 5.81. The van der Waals surface area contributed by atoms with E-state index in [9.17, 15) is 9.90 Å². The number of hydrogen-bond donors (Lipinski definition) is 0. The van der Waals surface area contributed by atoms with E-state index in [0.29, 0.717) is 0 Å². The van der Waals surface area contributed by atoms with Crippen LogP contribution in [0.2, 0.25) is 0 Å². The molecule has 1 heterocycles. The van der Waals surface area contributed by atoms with Crippen molar-refractivity contribution in [2.45, 2.75) is 0 Å². The molecule has 0 saturated heterocycles. The Labute approximate surface area is 51.3 Å². The molecule has 0 atom stereocenters. The van der Waals surface area contributed by atoms with Crippen molar-refractivity contribution in [1.82, 2.24) is 0 Å². The lowest BCUT2D eigenvalue weighted by atomic mass is 10.6. The van der Waals surface area contributed by atoms with Crippen molar-refractivity contribution in [2.75, 3.05) is 0 Å². The summed E-state index contributed by atoms with van der Waals surface area (Å²) in [5.41, 5.74) is 0. The number of rotatable bonds is 1. The van der Waals surface area contributed by atoms with Gasteiger partial charge in [-0.05, 0) is 0 Å². The van der Waals surface area contributed by atoms with E-state index in [1.54, 1.807) is 7.05 Å². The van der Waals surface area contributed by atoms with Gasteiger partial charge in [-0.25, -0.2) is 0 Å². The monoisotopic (exact) mass is 127 g/mol. The summed E-state index contributed by atoms with van der Waals surface area (Å²) < 4.78 is 5.86. The molecule has 0 aliphatic rings. The zero-order chi connectivity index (χ0) is 6.85. The van der Waals surface area contributed by atoms with Crippen LogP contribution in [0.15, 0.2) is 16.9 Å². The van der Waals surface area contributed by atoms with Gasteiger partial charge in [0.15, 0.2) is 12.2 Å². The molecule has 4 nitrogen and oxygen atoms in total. The summed E-state index contributed by atoms with van der Waals surface area (Å²) in [6, 6.07) is 0. The zero-order valence-electron chi connectivity index (χ0n) is 4.83. The van der Waals surface area contributed by atoms with Crippen LogP contribution in [0.5, 0.6) is 0 Å². The Kier molecular flexibility index (Phi) is 1.22. The number of nitrogens with zero attached hydrogens (tertiary/aromatic N) is 1. The summed E-state index contributed by atoms with van der Waals surface area (Å²) >= 11 is 0. The fraction of sp³-hybridized carbons (Fsp3) is 0.200. The topological polar surface area (TPSA) is 57.2 Å². The highest BCUT2D eigenvalue weighted by Gasteiger charge is 2.09. The average molecular weight is 127 g/mol. The average Bonchev–Trinajstić information content (AvgIpc) is 2.13. The van der Waals surface area contributed by atoms with E-state index < -0.39 is 5.97 Å². The molecular formula is C5H5NO3. The third-order valence-electron chi connectivity index (χ3n) is 0.959. The van der Waals surface area contributed by atoms with E-state index in [2.05, 4.69) is 4.42 Å². The summed E-state index contributed by atoms with van der Waals surface area (Å²) in [7, 11) is 1.56. The lowest BCUT2D eigenvalue weighted by molar-refractivity contribution is -0.679. The minimum Gasteiger partial charge on any atom is -0.537 e. The summed E-state index contributed by atoms with van der Waals surface area (Å²) in [5.74, 6) is -1.47. The SMILES string of the molecule is C[n+]1ccoc1C(=O)[O-]. The minimum atomic E-state index is -1.30. The molecule has 0 amide bonds. The number of hydrogen-bond acceptors (Lipinski definition) is 3. The van der Waals surface area contributed by atoms with Crippen LogP contribution in [-0.2, 0) is 7.05 Å². The molecule has 1 aromatic rings. The summed E-state index contributed by atoms with van der Waals surface area (Å²) in [6.45, 7) is 0. The largest absolute Gasteiger partial charge is 0.537 e. The first-order valence-electron chi connectivity index (χ1n) is 2.36. The standard InChI is InChI=1S/C5H5NO3/c1-6-2-3-9-4(6)5(7)8/h2-3H,1H3. The molecule has 0 saturated carbocycles. The normalized spacial score (nSPS) is 9.44. The molecule has 0 aromatic carbocycles. The Balaban J connectivity index is 3.08. The van der Waals surface area contributed by atoms with Gasteiger partial charge in [-0.2, -0.15) is 4.57 Å². The smallest absolute Gasteiger partial charge is 0.396 e. The first-order chi connectivity index (χ1) is 4.22. The quantitative estimate of drug-likeness (QED) is 0.430. The van der Waals surface area contributed by atoms with Crippen LogP contribution in [0.1, 0.15) is 10.7 Å². The Morgan fingerprint density at radius 2 is 2.56 bits per heavy atom. The molecule has 4 heteroatoms. The van der Waals surface area contributed by atoms with Gasteiger partial charge >= 0.3 is 5.89 Å². The molecule has 0 aliphatic heterocycles. The zero-order valence-corrected chi connectivity index (χ0v) is 4.83. The van der Waals surface area contributed by atoms with E-state index in [1.807, 2.05) is 0 Å². The predicted octanol–water partition coefficient (Wildman–Crippen LogP) is -1.53. The van der Waals surface area contributed by atoms with Crippen LogP contribution < -0.4 is 9.67 Å². The third kappa shape index (κ3) is 0.910. The number of aryl methyl sites for hydroxylation is 1. The summed E-state index contributed by atoms with van der Waals surface area (Å²) in [5, 5.41) is 10.1. The molecule has 1 aromatic heterocycles. The van der Waals surface area contributed by atoms with Gasteiger partial charge in [0.25, 0.3) is 0 Å². The molecule has 0 bridgehead atoms. The molecule has 0 N–H and O–H groups in total. The fourth-order valence-corrected chi connectivity index (χ4v) is 0.529. The second-order valence-corrected chi connectivity index (χ2v) is 1.61. The van der Waals surface area contributed by atoms with E-state index in [-0.39, 0.29) is 5.89 Å². The van der Waals surface area contributed by atoms with Crippen molar-refractivity contribution < 1.29 is 18.9 Å². The van der Waals surface area contributed by atoms with Crippen molar-refractivity contribution in [2.24, 2.45) is 7.05 Å². The third-order valence-corrected chi connectivity index (χ3v) is 0.959. The van der Waals surface area contributed by atoms with Gasteiger partial charge in [-0.15, -0.1) is 0 Å². The molecule has 1 rings (SSSR count). The van der Waals surface area contributed by atoms with Gasteiger partial charge < -0.3 is 14.3 Å². The maximum atomic E-state index is 10.1. The highest BCUT2D eigenvalue weighted by Crippen LogP contribution is 1.86. The van der Waals surface area contributed by atoms with Gasteiger partial charge in [0.05, 0.1) is 0 Å². The van der Waals surface area contributed by atoms with Crippen molar-refractivity contribution in [1.29, 1.82) is 0 Å². The fourth-order valence-electron chi connectivity index (χ4n) is 0.529. The van der Waals surface area contributed by atoms with Crippen molar-refractivity contribution in [3.63, 3.8) is 0 Å². The Bertz CT molecular complexity index is 228. The summed E-state index contributed by atoms with van der Waals surface area (Å²) in [6.07, 6.45) is 2.77. The lowest BCUT2D eigenvalue weighted by Gasteiger charge is -1.88. The van der Waals surface area contributed by atoms with E-state index in [0.717, 1.165) is 0 Å². The van der Waals surface area contributed by atoms with Crippen molar-refractivity contribution in [3.05, 3.63) is 18.4 Å². The lowest BCUT2D eigenvalue weighted by Crippen LogP contribution is -2.38. The van der Waals surface area contributed by atoms with Crippen LogP contribution in [0, 0.1) is 0 Å². The highest BCUT2D eigenvalue weighted by atomic mass is 16.4. The van der Waals surface area contributed by atoms with Crippen LogP contribution >= 0.6 is 0 Å². The number of carboxylic acids is 1. The van der Waals surface area contributed by atoms with E-state index in [4.69, 9.17) is 0 Å². The molecule has 0 unspecified atom stereocenters. The first-order valence-corrected chi connectivity index (χ1v) is 2.36. The number of carbonyl (C=O) groups is 1. The number of aromatic nitrogens is 1. The van der Waals surface area contributed by atoms with Gasteiger partial charge in [0, 0.05) is 0 Å². The molecule has 48 valence electrons. The van der Waals surface area contributed by atoms with Crippen LogP contribution in [0.25, 0.3) is 0 Å². The number of carbonyl (C=O) groups excluding carboxylic acids is 1. The minimum absolute atomic E-state index is 0.171. The summed E-state index contributed by atoms with van der Waals surface area (Å²) in [4.78, 5) is 10.1. The molecule has 0 radical (unpaired) electrons. The molecule has 9 heavy (non-hydrogen) atoms. The van der Waals surface area contributed by atoms with Gasteiger partial charge in [0.2, 0.25) is 6.20 Å². The maximum Gasteiger partial charge on any atom is 0.396 e. The predicted molar refractivity (Wildman–Crippen MR) is 24.2 cm³/mol. The number of aromatic carboxylic acids is 1. The molecule has 0 fully saturated rings. The van der Waals surface area contributed by atoms with Crippen molar-refractivity contribution in [3.8, 4) is 0 Å². The maximum absolute atomic E-state index is 10.1. The molecule has 0 aliphatic carbocycles. The van der Waals surface area contributed by atoms with Crippen LogP contribution in [0.3, 0.4) is 0 Å². The van der Waals surface area contributed by atoms with E-state index >= 15 is 0 Å². The second-order valence-electron chi connectivity index (χ2n) is 1.61. The Morgan fingerprint density at radius 1 is 1.89 bits per heavy atom. The van der Waals surface area contributed by atoms with Crippen molar-refractivity contribution >= 4 is 5.97 Å². The highest BCUT2D eigenvalue weighted by molar-refractivity contribution is 5.78. The molecular weight excluding hydrogens is 122 g/mol. The molecule has 0 spiro atoms. The second kappa shape index (κ2) is 1.89. The Morgan fingerprint density at radius 3 is 2.78 bits per heavy atom.